The molecule has 9 heteroatoms. The number of aliphatic hydroxyl groups is 1. The number of benzene rings is 1. The van der Waals surface area contributed by atoms with Crippen molar-refractivity contribution in [3.05, 3.63) is 72.2 Å². The largest absolute Gasteiger partial charge is 0.457 e. The average molecular weight is 602 g/mol. The Morgan fingerprint density at radius 2 is 2.00 bits per heavy atom. The summed E-state index contributed by atoms with van der Waals surface area (Å²) in [6.07, 6.45) is 8.48. The number of hydrogen-bond acceptors (Lipinski definition) is 9. The number of oxazole rings is 1. The van der Waals surface area contributed by atoms with E-state index in [0.717, 1.165) is 18.4 Å². The second-order valence-electron chi connectivity index (χ2n) is 13.1. The Hall–Kier alpha value is -3.43. The highest BCUT2D eigenvalue weighted by Gasteiger charge is 2.72. The van der Waals surface area contributed by atoms with Gasteiger partial charge in [-0.05, 0) is 73.9 Å². The summed E-state index contributed by atoms with van der Waals surface area (Å²) in [5.74, 6) is -1.23. The molecule has 8 atom stereocenters. The maximum absolute atomic E-state index is 14.6. The molecule has 7 rings (SSSR count). The van der Waals surface area contributed by atoms with Gasteiger partial charge in [0.15, 0.2) is 22.8 Å². The van der Waals surface area contributed by atoms with Crippen LogP contribution >= 0.6 is 11.8 Å². The monoisotopic (exact) mass is 601 g/mol. The highest BCUT2D eigenvalue weighted by molar-refractivity contribution is 7.99. The van der Waals surface area contributed by atoms with E-state index in [0.29, 0.717) is 29.2 Å². The first-order valence-corrected chi connectivity index (χ1v) is 16.0. The summed E-state index contributed by atoms with van der Waals surface area (Å²) in [4.78, 5) is 44.9. The fourth-order valence-electron chi connectivity index (χ4n) is 9.25. The van der Waals surface area contributed by atoms with Crippen molar-refractivity contribution in [3.8, 4) is 0 Å². The maximum atomic E-state index is 14.6. The van der Waals surface area contributed by atoms with Crippen molar-refractivity contribution in [1.29, 1.82) is 0 Å². The number of esters is 1. The van der Waals surface area contributed by atoms with E-state index in [1.165, 1.54) is 24.1 Å². The van der Waals surface area contributed by atoms with E-state index in [4.69, 9.17) is 13.6 Å². The van der Waals surface area contributed by atoms with Crippen LogP contribution in [0.4, 0.5) is 0 Å². The van der Waals surface area contributed by atoms with Crippen LogP contribution in [0.15, 0.2) is 80.5 Å². The van der Waals surface area contributed by atoms with Gasteiger partial charge in [-0.15, -0.1) is 0 Å². The number of fused-ring (bicyclic) bond motifs is 6. The molecular formula is C34H35NO7S. The molecule has 224 valence electrons. The van der Waals surface area contributed by atoms with Crippen LogP contribution in [0, 0.1) is 34.5 Å². The topological polar surface area (TPSA) is 120 Å². The molecule has 3 saturated carbocycles. The number of carbonyl (C=O) groups excluding carboxylic acids is 3. The van der Waals surface area contributed by atoms with Crippen molar-refractivity contribution < 1.29 is 33.1 Å². The summed E-state index contributed by atoms with van der Waals surface area (Å²) < 4.78 is 17.6. The zero-order chi connectivity index (χ0) is 30.1. The standard InChI is InChI=1S/C34H35NO7S/c1-19-15-23-22-11-10-20-16-21(36)12-13-32(20,2)29(22)25(37)17-33(23,3)34(19,42-30(39)27-9-6-14-40-27)28(38)18-43-31-35-24-7-4-5-8-26(24)41-31/h4-9,12-14,16,19,22-23,25,29,37H,10-11,15,17-18H2,1-3H3/t19-,22?,23?,25+,29?,32-,33?,34+/m1/s1. The predicted molar refractivity (Wildman–Crippen MR) is 159 cm³/mol. The molecule has 2 heterocycles. The van der Waals surface area contributed by atoms with Crippen LogP contribution < -0.4 is 0 Å². The van der Waals surface area contributed by atoms with Crippen molar-refractivity contribution >= 4 is 40.4 Å². The zero-order valence-corrected chi connectivity index (χ0v) is 25.3. The molecule has 0 aliphatic heterocycles. The number of carbonyl (C=O) groups is 3. The van der Waals surface area contributed by atoms with E-state index in [9.17, 15) is 19.5 Å². The van der Waals surface area contributed by atoms with Gasteiger partial charge in [0.25, 0.3) is 5.22 Å². The SMILES string of the molecule is C[C@@H]1CC2C3CCC4=CC(=O)C=C[C@@]4(C)C3[C@@H](O)CC2(C)[C@@]1(OC(=O)c1ccco1)C(=O)CSc1nc2ccccc2o1. The number of ether oxygens (including phenoxy) is 1. The molecule has 4 aliphatic rings. The van der Waals surface area contributed by atoms with Crippen molar-refractivity contribution in [2.24, 2.45) is 34.5 Å². The number of furan rings is 1. The number of aromatic nitrogens is 1. The molecule has 4 unspecified atom stereocenters. The molecule has 0 radical (unpaired) electrons. The Morgan fingerprint density at radius 1 is 1.19 bits per heavy atom. The minimum Gasteiger partial charge on any atom is -0.457 e. The van der Waals surface area contributed by atoms with Gasteiger partial charge in [-0.3, -0.25) is 9.59 Å². The summed E-state index contributed by atoms with van der Waals surface area (Å²) in [7, 11) is 0. The average Bonchev–Trinajstić information content (AvgIpc) is 3.70. The third kappa shape index (κ3) is 4.14. The lowest BCUT2D eigenvalue weighted by Crippen LogP contribution is -2.64. The fraction of sp³-hybridized carbons (Fsp3) is 0.471. The van der Waals surface area contributed by atoms with Crippen LogP contribution in [0.2, 0.25) is 0 Å². The quantitative estimate of drug-likeness (QED) is 0.260. The van der Waals surface area contributed by atoms with Crippen LogP contribution in [0.1, 0.15) is 57.0 Å². The lowest BCUT2D eigenvalue weighted by atomic mass is 9.46. The van der Waals surface area contributed by atoms with Gasteiger partial charge in [0.1, 0.15) is 5.52 Å². The van der Waals surface area contributed by atoms with E-state index in [1.807, 2.05) is 44.2 Å². The van der Waals surface area contributed by atoms with Crippen LogP contribution in [0.25, 0.3) is 11.1 Å². The van der Waals surface area contributed by atoms with E-state index < -0.39 is 28.5 Å². The van der Waals surface area contributed by atoms with Gasteiger partial charge in [0.2, 0.25) is 5.76 Å². The van der Waals surface area contributed by atoms with Crippen molar-refractivity contribution in [3.63, 3.8) is 0 Å². The molecule has 0 saturated heterocycles. The van der Waals surface area contributed by atoms with Crippen molar-refractivity contribution in [2.45, 2.75) is 63.4 Å². The Balaban J connectivity index is 1.26. The molecule has 0 amide bonds. The van der Waals surface area contributed by atoms with Gasteiger partial charge in [-0.25, -0.2) is 9.78 Å². The van der Waals surface area contributed by atoms with E-state index in [-0.39, 0.29) is 46.8 Å². The summed E-state index contributed by atoms with van der Waals surface area (Å²) in [5, 5.41) is 12.3. The first kappa shape index (κ1) is 28.3. The number of para-hydroxylation sites is 2. The lowest BCUT2D eigenvalue weighted by molar-refractivity contribution is -0.181. The Kier molecular flexibility index (Phi) is 6.63. The van der Waals surface area contributed by atoms with Gasteiger partial charge in [0.05, 0.1) is 18.1 Å². The van der Waals surface area contributed by atoms with Gasteiger partial charge in [0, 0.05) is 22.7 Å². The van der Waals surface area contributed by atoms with Gasteiger partial charge < -0.3 is 18.7 Å². The molecule has 1 N–H and O–H groups in total. The van der Waals surface area contributed by atoms with Crippen LogP contribution in [0.3, 0.4) is 0 Å². The normalized spacial score (nSPS) is 36.5. The maximum Gasteiger partial charge on any atom is 0.375 e. The van der Waals surface area contributed by atoms with Crippen molar-refractivity contribution in [2.75, 3.05) is 5.75 Å². The van der Waals surface area contributed by atoms with Crippen LogP contribution in [-0.2, 0) is 14.3 Å². The summed E-state index contributed by atoms with van der Waals surface area (Å²) in [6, 6.07) is 10.6. The molecule has 8 nitrogen and oxygen atoms in total. The van der Waals surface area contributed by atoms with Crippen LogP contribution in [0.5, 0.6) is 0 Å². The van der Waals surface area contributed by atoms with E-state index in [1.54, 1.807) is 18.2 Å². The molecular weight excluding hydrogens is 566 g/mol. The minimum atomic E-state index is -1.50. The molecule has 0 bridgehead atoms. The van der Waals surface area contributed by atoms with Crippen LogP contribution in [-0.4, -0.2) is 45.1 Å². The third-order valence-corrected chi connectivity index (χ3v) is 11.9. The number of nitrogens with zero attached hydrogens (tertiary/aromatic N) is 1. The fourth-order valence-corrected chi connectivity index (χ4v) is 10.0. The number of ketones is 2. The Morgan fingerprint density at radius 3 is 2.77 bits per heavy atom. The molecule has 2 aromatic heterocycles. The first-order chi connectivity index (χ1) is 20.6. The second-order valence-corrected chi connectivity index (χ2v) is 14.0. The number of aliphatic hydroxyl groups excluding tert-OH is 1. The smallest absolute Gasteiger partial charge is 0.375 e. The third-order valence-electron chi connectivity index (χ3n) is 11.0. The Bertz CT molecular complexity index is 1640. The minimum absolute atomic E-state index is 0.00938. The van der Waals surface area contributed by atoms with E-state index >= 15 is 0 Å². The Labute approximate surface area is 253 Å². The van der Waals surface area contributed by atoms with Gasteiger partial charge >= 0.3 is 5.97 Å². The molecule has 3 aromatic rings. The van der Waals surface area contributed by atoms with E-state index in [2.05, 4.69) is 11.9 Å². The number of Topliss-reactive ketones (excluding diaryl/α,β-unsaturated/α-hetero) is 1. The molecule has 0 spiro atoms. The zero-order valence-electron chi connectivity index (χ0n) is 24.4. The van der Waals surface area contributed by atoms with Gasteiger partial charge in [-0.1, -0.05) is 56.3 Å². The molecule has 43 heavy (non-hydrogen) atoms. The molecule has 4 aliphatic carbocycles. The number of rotatable bonds is 6. The number of hydrogen-bond donors (Lipinski definition) is 1. The first-order valence-electron chi connectivity index (χ1n) is 15.0. The highest BCUT2D eigenvalue weighted by atomic mass is 32.2. The number of allylic oxidation sites excluding steroid dienone is 4. The molecule has 1 aromatic carbocycles. The molecule has 3 fully saturated rings. The second kappa shape index (κ2) is 10.1. The predicted octanol–water partition coefficient (Wildman–Crippen LogP) is 6.20. The highest BCUT2D eigenvalue weighted by Crippen LogP contribution is 2.69. The van der Waals surface area contributed by atoms with Gasteiger partial charge in [-0.2, -0.15) is 0 Å². The van der Waals surface area contributed by atoms with Crippen molar-refractivity contribution in [1.82, 2.24) is 4.98 Å². The number of thioether (sulfide) groups is 1. The summed E-state index contributed by atoms with van der Waals surface area (Å²) >= 11 is 1.19. The lowest BCUT2D eigenvalue weighted by Gasteiger charge is -2.60. The summed E-state index contributed by atoms with van der Waals surface area (Å²) in [5.41, 5.74) is -0.365. The summed E-state index contributed by atoms with van der Waals surface area (Å²) in [6.45, 7) is 6.12.